The number of rotatable bonds is 7. The van der Waals surface area contributed by atoms with Gasteiger partial charge in [0.25, 0.3) is 0 Å². The third-order valence-electron chi connectivity index (χ3n) is 5.47. The van der Waals surface area contributed by atoms with Gasteiger partial charge in [0.1, 0.15) is 5.75 Å². The van der Waals surface area contributed by atoms with Crippen LogP contribution in [0.4, 0.5) is 0 Å². The maximum absolute atomic E-state index is 13.2. The van der Waals surface area contributed by atoms with E-state index in [1.165, 1.54) is 0 Å². The van der Waals surface area contributed by atoms with E-state index >= 15 is 0 Å². The first-order valence-electron chi connectivity index (χ1n) is 10.0. The first-order valence-corrected chi connectivity index (χ1v) is 11.5. The third kappa shape index (κ3) is 4.49. The Hall–Kier alpha value is -2.45. The van der Waals surface area contributed by atoms with Crippen molar-refractivity contribution in [2.45, 2.75) is 10.9 Å². The Labute approximate surface area is 177 Å². The van der Waals surface area contributed by atoms with E-state index in [0.717, 1.165) is 35.2 Å². The highest BCUT2D eigenvalue weighted by Crippen LogP contribution is 2.27. The smallest absolute Gasteiger partial charge is 0.241 e. The lowest BCUT2D eigenvalue weighted by Crippen LogP contribution is -2.43. The van der Waals surface area contributed by atoms with Crippen molar-refractivity contribution in [3.05, 3.63) is 72.3 Å². The number of morpholine rings is 1. The molecule has 0 unspecified atom stereocenters. The van der Waals surface area contributed by atoms with Crippen molar-refractivity contribution in [1.82, 2.24) is 9.62 Å². The molecule has 1 heterocycles. The fourth-order valence-corrected chi connectivity index (χ4v) is 5.16. The Bertz CT molecular complexity index is 1110. The Morgan fingerprint density at radius 1 is 1.03 bits per heavy atom. The van der Waals surface area contributed by atoms with Crippen molar-refractivity contribution >= 4 is 20.8 Å². The van der Waals surface area contributed by atoms with Gasteiger partial charge in [-0.1, -0.05) is 48.5 Å². The van der Waals surface area contributed by atoms with Gasteiger partial charge in [-0.2, -0.15) is 0 Å². The summed E-state index contributed by atoms with van der Waals surface area (Å²) in [6.45, 7) is 3.03. The highest BCUT2D eigenvalue weighted by atomic mass is 32.2. The fourth-order valence-electron chi connectivity index (χ4n) is 3.89. The summed E-state index contributed by atoms with van der Waals surface area (Å²) < 4.78 is 40.1. The van der Waals surface area contributed by atoms with Crippen molar-refractivity contribution in [1.29, 1.82) is 0 Å². The number of methoxy groups -OCH3 is 1. The monoisotopic (exact) mass is 426 g/mol. The van der Waals surface area contributed by atoms with Crippen LogP contribution in [0.3, 0.4) is 0 Å². The molecular formula is C23H26N2O4S. The number of nitrogens with one attached hydrogen (secondary N) is 1. The van der Waals surface area contributed by atoms with Gasteiger partial charge in [0.2, 0.25) is 10.0 Å². The molecule has 4 rings (SSSR count). The zero-order chi connectivity index (χ0) is 21.0. The predicted octanol–water partition coefficient (Wildman–Crippen LogP) is 3.20. The maximum Gasteiger partial charge on any atom is 0.241 e. The molecule has 1 saturated heterocycles. The molecule has 0 aromatic heterocycles. The van der Waals surface area contributed by atoms with Crippen LogP contribution < -0.4 is 9.46 Å². The molecule has 1 aliphatic rings. The standard InChI is InChI=1S/C23H26N2O4S/c1-28-20-9-4-8-19(16-20)22(25-12-14-29-15-13-25)17-24-30(26,27)23-11-5-7-18-6-2-3-10-21(18)23/h2-11,16,22,24H,12-15,17H2,1H3/t22-/m0/s1. The van der Waals surface area contributed by atoms with Crippen molar-refractivity contribution in [2.24, 2.45) is 0 Å². The summed E-state index contributed by atoms with van der Waals surface area (Å²) in [6, 6.07) is 20.5. The fraction of sp³-hybridized carbons (Fsp3) is 0.304. The van der Waals surface area contributed by atoms with E-state index in [9.17, 15) is 8.42 Å². The lowest BCUT2D eigenvalue weighted by molar-refractivity contribution is 0.0171. The Balaban J connectivity index is 1.62. The van der Waals surface area contributed by atoms with Gasteiger partial charge in [-0.05, 0) is 29.1 Å². The van der Waals surface area contributed by atoms with Gasteiger partial charge in [-0.3, -0.25) is 4.90 Å². The molecule has 0 aliphatic carbocycles. The second-order valence-electron chi connectivity index (χ2n) is 7.27. The molecule has 1 fully saturated rings. The number of sulfonamides is 1. The first kappa shape index (κ1) is 20.8. The van der Waals surface area contributed by atoms with Gasteiger partial charge < -0.3 is 9.47 Å². The second kappa shape index (κ2) is 9.14. The van der Waals surface area contributed by atoms with Crippen LogP contribution >= 0.6 is 0 Å². The molecule has 0 bridgehead atoms. The first-order chi connectivity index (χ1) is 14.6. The summed E-state index contributed by atoms with van der Waals surface area (Å²) in [5, 5.41) is 1.62. The molecule has 3 aromatic rings. The molecule has 1 atom stereocenters. The molecule has 0 amide bonds. The highest BCUT2D eigenvalue weighted by molar-refractivity contribution is 7.89. The highest BCUT2D eigenvalue weighted by Gasteiger charge is 2.26. The van der Waals surface area contributed by atoms with Crippen LogP contribution in [0.25, 0.3) is 10.8 Å². The lowest BCUT2D eigenvalue weighted by atomic mass is 10.0. The number of nitrogens with zero attached hydrogens (tertiary/aromatic N) is 1. The number of fused-ring (bicyclic) bond motifs is 1. The number of benzene rings is 3. The van der Waals surface area contributed by atoms with Crippen LogP contribution in [-0.4, -0.2) is 53.3 Å². The summed E-state index contributed by atoms with van der Waals surface area (Å²) in [5.74, 6) is 0.752. The molecule has 1 N–H and O–H groups in total. The van der Waals surface area contributed by atoms with E-state index in [1.807, 2.05) is 54.6 Å². The molecular weight excluding hydrogens is 400 g/mol. The van der Waals surface area contributed by atoms with Crippen LogP contribution in [0.1, 0.15) is 11.6 Å². The molecule has 0 spiro atoms. The zero-order valence-electron chi connectivity index (χ0n) is 17.0. The van der Waals surface area contributed by atoms with E-state index < -0.39 is 10.0 Å². The molecule has 0 saturated carbocycles. The zero-order valence-corrected chi connectivity index (χ0v) is 17.8. The topological polar surface area (TPSA) is 67.9 Å². The van der Waals surface area contributed by atoms with E-state index in [-0.39, 0.29) is 12.6 Å². The van der Waals surface area contributed by atoms with Crippen LogP contribution in [0.5, 0.6) is 5.75 Å². The average molecular weight is 427 g/mol. The summed E-state index contributed by atoms with van der Waals surface area (Å²) in [4.78, 5) is 2.55. The Kier molecular flexibility index (Phi) is 6.34. The van der Waals surface area contributed by atoms with Crippen molar-refractivity contribution in [3.63, 3.8) is 0 Å². The molecule has 158 valence electrons. The number of hydrogen-bond donors (Lipinski definition) is 1. The maximum atomic E-state index is 13.2. The number of hydrogen-bond acceptors (Lipinski definition) is 5. The van der Waals surface area contributed by atoms with Crippen LogP contribution in [0.15, 0.2) is 71.6 Å². The van der Waals surface area contributed by atoms with E-state index in [4.69, 9.17) is 9.47 Å². The van der Waals surface area contributed by atoms with Crippen LogP contribution in [-0.2, 0) is 14.8 Å². The molecule has 7 heteroatoms. The Morgan fingerprint density at radius 3 is 2.57 bits per heavy atom. The van der Waals surface area contributed by atoms with Crippen molar-refractivity contribution in [3.8, 4) is 5.75 Å². The van der Waals surface area contributed by atoms with E-state index in [1.54, 1.807) is 19.2 Å². The van der Waals surface area contributed by atoms with Gasteiger partial charge in [0.05, 0.1) is 25.2 Å². The Morgan fingerprint density at radius 2 is 1.77 bits per heavy atom. The molecule has 1 aliphatic heterocycles. The van der Waals surface area contributed by atoms with Gasteiger partial charge in [0, 0.05) is 31.1 Å². The van der Waals surface area contributed by atoms with Gasteiger partial charge >= 0.3 is 0 Å². The van der Waals surface area contributed by atoms with Gasteiger partial charge in [-0.25, -0.2) is 13.1 Å². The quantitative estimate of drug-likeness (QED) is 0.628. The second-order valence-corrected chi connectivity index (χ2v) is 9.01. The lowest BCUT2D eigenvalue weighted by Gasteiger charge is -2.35. The van der Waals surface area contributed by atoms with E-state index in [0.29, 0.717) is 18.1 Å². The summed E-state index contributed by atoms with van der Waals surface area (Å²) in [7, 11) is -2.05. The minimum Gasteiger partial charge on any atom is -0.497 e. The van der Waals surface area contributed by atoms with E-state index in [2.05, 4.69) is 9.62 Å². The van der Waals surface area contributed by atoms with Crippen molar-refractivity contribution in [2.75, 3.05) is 40.0 Å². The van der Waals surface area contributed by atoms with Crippen LogP contribution in [0, 0.1) is 0 Å². The third-order valence-corrected chi connectivity index (χ3v) is 6.95. The molecule has 30 heavy (non-hydrogen) atoms. The van der Waals surface area contributed by atoms with Crippen molar-refractivity contribution < 1.29 is 17.9 Å². The molecule has 6 nitrogen and oxygen atoms in total. The van der Waals surface area contributed by atoms with Gasteiger partial charge in [-0.15, -0.1) is 0 Å². The SMILES string of the molecule is COc1cccc([C@H](CNS(=O)(=O)c2cccc3ccccc23)N2CCOCC2)c1. The molecule has 3 aromatic carbocycles. The minimum atomic E-state index is -3.68. The largest absolute Gasteiger partial charge is 0.497 e. The van der Waals surface area contributed by atoms with Crippen LogP contribution in [0.2, 0.25) is 0 Å². The summed E-state index contributed by atoms with van der Waals surface area (Å²) in [6.07, 6.45) is 0. The minimum absolute atomic E-state index is 0.117. The number of ether oxygens (including phenoxy) is 2. The normalized spacial score (nSPS) is 16.4. The summed E-state index contributed by atoms with van der Waals surface area (Å²) >= 11 is 0. The summed E-state index contributed by atoms with van der Waals surface area (Å²) in [5.41, 5.74) is 1.01. The average Bonchev–Trinajstić information content (AvgIpc) is 2.79. The molecule has 0 radical (unpaired) electrons. The predicted molar refractivity (Wildman–Crippen MR) is 117 cm³/mol. The van der Waals surface area contributed by atoms with Gasteiger partial charge in [0.15, 0.2) is 0 Å².